The van der Waals surface area contributed by atoms with Gasteiger partial charge in [-0.05, 0) is 43.7 Å². The van der Waals surface area contributed by atoms with Crippen LogP contribution in [0.25, 0.3) is 0 Å². The number of hydrogen-bond acceptors (Lipinski definition) is 4. The van der Waals surface area contributed by atoms with Gasteiger partial charge in [0, 0.05) is 5.56 Å². The molecular formula is C17H14N2O2. The highest BCUT2D eigenvalue weighted by molar-refractivity contribution is 5.48. The molecule has 0 aliphatic rings. The minimum absolute atomic E-state index is 0.419. The first kappa shape index (κ1) is 14.6. The minimum atomic E-state index is -0.716. The van der Waals surface area contributed by atoms with E-state index in [1.165, 1.54) is 0 Å². The van der Waals surface area contributed by atoms with Gasteiger partial charge < -0.3 is 9.84 Å². The van der Waals surface area contributed by atoms with Crippen molar-refractivity contribution in [3.8, 4) is 23.6 Å². The number of nitriles is 2. The van der Waals surface area contributed by atoms with Crippen molar-refractivity contribution in [3.05, 3.63) is 58.7 Å². The van der Waals surface area contributed by atoms with Crippen molar-refractivity contribution in [2.24, 2.45) is 0 Å². The van der Waals surface area contributed by atoms with Crippen LogP contribution in [0.1, 0.15) is 35.3 Å². The van der Waals surface area contributed by atoms with Crippen molar-refractivity contribution in [1.29, 1.82) is 10.5 Å². The number of hydrogen-bond donors (Lipinski definition) is 1. The number of aliphatic hydroxyl groups is 1. The lowest BCUT2D eigenvalue weighted by Gasteiger charge is -2.15. The van der Waals surface area contributed by atoms with Gasteiger partial charge in [-0.3, -0.25) is 0 Å². The first-order chi connectivity index (χ1) is 10.0. The number of benzene rings is 2. The van der Waals surface area contributed by atoms with E-state index in [0.717, 1.165) is 5.56 Å². The van der Waals surface area contributed by atoms with E-state index in [1.807, 2.05) is 13.0 Å². The summed E-state index contributed by atoms with van der Waals surface area (Å²) in [6, 6.07) is 14.1. The molecule has 104 valence electrons. The van der Waals surface area contributed by atoms with Crippen molar-refractivity contribution in [2.45, 2.75) is 20.0 Å². The molecule has 1 atom stereocenters. The molecule has 0 aliphatic carbocycles. The number of ether oxygens (including phenoxy) is 1. The van der Waals surface area contributed by atoms with Crippen molar-refractivity contribution in [2.75, 3.05) is 0 Å². The van der Waals surface area contributed by atoms with E-state index in [9.17, 15) is 5.11 Å². The quantitative estimate of drug-likeness (QED) is 0.930. The molecule has 0 aliphatic heterocycles. The van der Waals surface area contributed by atoms with E-state index >= 15 is 0 Å². The van der Waals surface area contributed by atoms with Crippen LogP contribution in [0.2, 0.25) is 0 Å². The van der Waals surface area contributed by atoms with E-state index < -0.39 is 6.10 Å². The van der Waals surface area contributed by atoms with E-state index in [1.54, 1.807) is 43.3 Å². The molecule has 0 spiro atoms. The third kappa shape index (κ3) is 3.20. The Hall–Kier alpha value is -2.82. The fraction of sp³-hybridized carbons (Fsp3) is 0.176. The van der Waals surface area contributed by atoms with Gasteiger partial charge >= 0.3 is 0 Å². The van der Waals surface area contributed by atoms with Crippen LogP contribution < -0.4 is 4.74 Å². The van der Waals surface area contributed by atoms with Crippen LogP contribution in [0.3, 0.4) is 0 Å². The van der Waals surface area contributed by atoms with Gasteiger partial charge in [0.25, 0.3) is 0 Å². The molecule has 0 bridgehead atoms. The van der Waals surface area contributed by atoms with Crippen molar-refractivity contribution >= 4 is 0 Å². The SMILES string of the molecule is Cc1ccc(C#N)cc1Oc1cc(C#N)ccc1[C@@H](C)O. The lowest BCUT2D eigenvalue weighted by atomic mass is 10.1. The number of aryl methyl sites for hydroxylation is 1. The molecule has 2 rings (SSSR count). The summed E-state index contributed by atoms with van der Waals surface area (Å²) in [6.45, 7) is 3.50. The zero-order valence-electron chi connectivity index (χ0n) is 11.8. The zero-order chi connectivity index (χ0) is 15.4. The van der Waals surface area contributed by atoms with Gasteiger partial charge in [0.2, 0.25) is 0 Å². The van der Waals surface area contributed by atoms with Crippen LogP contribution in [-0.2, 0) is 0 Å². The topological polar surface area (TPSA) is 77.0 Å². The van der Waals surface area contributed by atoms with Gasteiger partial charge in [0.15, 0.2) is 0 Å². The average Bonchev–Trinajstić information content (AvgIpc) is 2.49. The van der Waals surface area contributed by atoms with E-state index in [2.05, 4.69) is 6.07 Å². The van der Waals surface area contributed by atoms with Gasteiger partial charge in [-0.1, -0.05) is 12.1 Å². The second kappa shape index (κ2) is 6.09. The van der Waals surface area contributed by atoms with E-state index in [4.69, 9.17) is 15.3 Å². The van der Waals surface area contributed by atoms with Gasteiger partial charge in [-0.15, -0.1) is 0 Å². The standard InChI is InChI=1S/C17H14N2O2/c1-11-3-4-13(9-18)7-16(11)21-17-8-14(10-19)5-6-15(17)12(2)20/h3-8,12,20H,1-2H3/t12-/m1/s1. The van der Waals surface area contributed by atoms with Crippen LogP contribution in [0, 0.1) is 29.6 Å². The summed E-state index contributed by atoms with van der Waals surface area (Å²) in [6.07, 6.45) is -0.716. The van der Waals surface area contributed by atoms with Crippen LogP contribution in [0.5, 0.6) is 11.5 Å². The van der Waals surface area contributed by atoms with Crippen molar-refractivity contribution < 1.29 is 9.84 Å². The van der Waals surface area contributed by atoms with Gasteiger partial charge in [-0.25, -0.2) is 0 Å². The Morgan fingerprint density at radius 1 is 1.00 bits per heavy atom. The maximum absolute atomic E-state index is 9.80. The largest absolute Gasteiger partial charge is 0.457 e. The molecule has 0 unspecified atom stereocenters. The second-order valence-electron chi connectivity index (χ2n) is 4.73. The number of rotatable bonds is 3. The maximum Gasteiger partial charge on any atom is 0.134 e. The summed E-state index contributed by atoms with van der Waals surface area (Å²) in [5, 5.41) is 27.7. The Morgan fingerprint density at radius 2 is 1.57 bits per heavy atom. The lowest BCUT2D eigenvalue weighted by Crippen LogP contribution is -1.98. The molecular weight excluding hydrogens is 264 g/mol. The van der Waals surface area contributed by atoms with E-state index in [0.29, 0.717) is 28.2 Å². The monoisotopic (exact) mass is 278 g/mol. The zero-order valence-corrected chi connectivity index (χ0v) is 11.8. The minimum Gasteiger partial charge on any atom is -0.457 e. The van der Waals surface area contributed by atoms with Crippen LogP contribution in [0.4, 0.5) is 0 Å². The maximum atomic E-state index is 9.80. The van der Waals surface area contributed by atoms with Crippen LogP contribution >= 0.6 is 0 Å². The van der Waals surface area contributed by atoms with Gasteiger partial charge in [-0.2, -0.15) is 10.5 Å². The molecule has 0 fully saturated rings. The molecule has 0 heterocycles. The molecule has 1 N–H and O–H groups in total. The molecule has 0 saturated heterocycles. The fourth-order valence-corrected chi connectivity index (χ4v) is 1.94. The average molecular weight is 278 g/mol. The Labute approximate surface area is 123 Å². The Kier molecular flexibility index (Phi) is 4.23. The molecule has 0 radical (unpaired) electrons. The second-order valence-corrected chi connectivity index (χ2v) is 4.73. The van der Waals surface area contributed by atoms with Gasteiger partial charge in [0.05, 0.1) is 29.4 Å². The summed E-state index contributed by atoms with van der Waals surface area (Å²) in [5.74, 6) is 0.952. The molecule has 21 heavy (non-hydrogen) atoms. The summed E-state index contributed by atoms with van der Waals surface area (Å²) >= 11 is 0. The lowest BCUT2D eigenvalue weighted by molar-refractivity contribution is 0.195. The first-order valence-corrected chi connectivity index (χ1v) is 6.46. The Morgan fingerprint density at radius 3 is 2.14 bits per heavy atom. The van der Waals surface area contributed by atoms with E-state index in [-0.39, 0.29) is 0 Å². The predicted molar refractivity (Wildman–Crippen MR) is 77.8 cm³/mol. The highest BCUT2D eigenvalue weighted by Crippen LogP contribution is 2.32. The highest BCUT2D eigenvalue weighted by Gasteiger charge is 2.12. The molecule has 2 aromatic carbocycles. The van der Waals surface area contributed by atoms with Gasteiger partial charge in [0.1, 0.15) is 11.5 Å². The number of nitrogens with zero attached hydrogens (tertiary/aromatic N) is 2. The Balaban J connectivity index is 2.48. The van der Waals surface area contributed by atoms with Crippen molar-refractivity contribution in [3.63, 3.8) is 0 Å². The summed E-state index contributed by atoms with van der Waals surface area (Å²) in [5.41, 5.74) is 2.40. The summed E-state index contributed by atoms with van der Waals surface area (Å²) in [7, 11) is 0. The Bertz CT molecular complexity index is 752. The highest BCUT2D eigenvalue weighted by atomic mass is 16.5. The molecule has 4 heteroatoms. The molecule has 0 amide bonds. The normalized spacial score (nSPS) is 11.3. The molecule has 4 nitrogen and oxygen atoms in total. The van der Waals surface area contributed by atoms with Crippen LogP contribution in [-0.4, -0.2) is 5.11 Å². The molecule has 2 aromatic rings. The molecule has 0 saturated carbocycles. The fourth-order valence-electron chi connectivity index (χ4n) is 1.94. The predicted octanol–water partition coefficient (Wildman–Crippen LogP) is 3.58. The summed E-state index contributed by atoms with van der Waals surface area (Å²) in [4.78, 5) is 0. The molecule has 0 aromatic heterocycles. The third-order valence-corrected chi connectivity index (χ3v) is 3.13. The smallest absolute Gasteiger partial charge is 0.134 e. The first-order valence-electron chi connectivity index (χ1n) is 6.46. The third-order valence-electron chi connectivity index (χ3n) is 3.13. The number of aliphatic hydroxyl groups excluding tert-OH is 1. The van der Waals surface area contributed by atoms with Crippen LogP contribution in [0.15, 0.2) is 36.4 Å². The summed E-state index contributed by atoms with van der Waals surface area (Å²) < 4.78 is 5.82. The van der Waals surface area contributed by atoms with Crippen molar-refractivity contribution in [1.82, 2.24) is 0 Å².